The number of carbonyl (C=O) groups excluding carboxylic acids is 2. The van der Waals surface area contributed by atoms with Gasteiger partial charge in [-0.15, -0.1) is 0 Å². The van der Waals surface area contributed by atoms with Crippen LogP contribution in [-0.4, -0.2) is 32.3 Å². The van der Waals surface area contributed by atoms with E-state index in [9.17, 15) is 9.59 Å². The molecule has 0 aliphatic carbocycles. The standard InChI is InChI=1S/C18H15ClO6/c1-22-17(20)12-4-2-3-11(7-12)10-25-18(21)13-8-14(19)16-15(9-13)23-5-6-24-16/h2-4,7-9H,5-6,10H2,1H3. The van der Waals surface area contributed by atoms with Gasteiger partial charge in [0.2, 0.25) is 0 Å². The molecule has 0 bridgehead atoms. The van der Waals surface area contributed by atoms with Gasteiger partial charge in [0.15, 0.2) is 11.5 Å². The maximum Gasteiger partial charge on any atom is 0.338 e. The number of benzene rings is 2. The summed E-state index contributed by atoms with van der Waals surface area (Å²) in [6, 6.07) is 9.68. The first-order chi connectivity index (χ1) is 12.1. The third kappa shape index (κ3) is 3.85. The SMILES string of the molecule is COC(=O)c1cccc(COC(=O)c2cc(Cl)c3c(c2)OCCO3)c1. The van der Waals surface area contributed by atoms with Crippen molar-refractivity contribution in [3.63, 3.8) is 0 Å². The average molecular weight is 363 g/mol. The molecule has 130 valence electrons. The summed E-state index contributed by atoms with van der Waals surface area (Å²) in [5.41, 5.74) is 1.32. The van der Waals surface area contributed by atoms with E-state index in [1.54, 1.807) is 24.3 Å². The van der Waals surface area contributed by atoms with Crippen LogP contribution in [0, 0.1) is 0 Å². The second kappa shape index (κ2) is 7.44. The molecular formula is C18H15ClO6. The molecule has 0 aromatic heterocycles. The van der Waals surface area contributed by atoms with Crippen molar-refractivity contribution in [2.24, 2.45) is 0 Å². The molecule has 2 aromatic carbocycles. The molecule has 0 N–H and O–H groups in total. The number of rotatable bonds is 4. The number of ether oxygens (including phenoxy) is 4. The van der Waals surface area contributed by atoms with Gasteiger partial charge in [-0.1, -0.05) is 23.7 Å². The number of fused-ring (bicyclic) bond motifs is 1. The molecule has 0 radical (unpaired) electrons. The van der Waals surface area contributed by atoms with Crippen molar-refractivity contribution < 1.29 is 28.5 Å². The molecule has 1 aliphatic heterocycles. The van der Waals surface area contributed by atoms with Gasteiger partial charge in [0.05, 0.1) is 23.3 Å². The lowest BCUT2D eigenvalue weighted by Gasteiger charge is -2.20. The van der Waals surface area contributed by atoms with Gasteiger partial charge in [-0.3, -0.25) is 0 Å². The fourth-order valence-electron chi connectivity index (χ4n) is 2.37. The Kier molecular flexibility index (Phi) is 5.09. The van der Waals surface area contributed by atoms with E-state index in [4.69, 9.17) is 25.8 Å². The van der Waals surface area contributed by atoms with Crippen molar-refractivity contribution in [3.8, 4) is 11.5 Å². The summed E-state index contributed by atoms with van der Waals surface area (Å²) in [4.78, 5) is 23.8. The molecule has 2 aromatic rings. The van der Waals surface area contributed by atoms with E-state index in [1.807, 2.05) is 0 Å². The van der Waals surface area contributed by atoms with Crippen LogP contribution in [0.25, 0.3) is 0 Å². The zero-order chi connectivity index (χ0) is 17.8. The third-order valence-corrected chi connectivity index (χ3v) is 3.83. The third-order valence-electron chi connectivity index (χ3n) is 3.55. The largest absolute Gasteiger partial charge is 0.486 e. The first-order valence-electron chi connectivity index (χ1n) is 7.52. The van der Waals surface area contributed by atoms with Crippen molar-refractivity contribution in [2.45, 2.75) is 6.61 Å². The second-order valence-corrected chi connectivity index (χ2v) is 5.66. The first-order valence-corrected chi connectivity index (χ1v) is 7.90. The lowest BCUT2D eigenvalue weighted by molar-refractivity contribution is 0.0471. The van der Waals surface area contributed by atoms with E-state index in [0.717, 1.165) is 0 Å². The summed E-state index contributed by atoms with van der Waals surface area (Å²) in [5.74, 6) is -0.164. The number of hydrogen-bond acceptors (Lipinski definition) is 6. The molecule has 0 saturated heterocycles. The van der Waals surface area contributed by atoms with Crippen LogP contribution in [-0.2, 0) is 16.1 Å². The van der Waals surface area contributed by atoms with E-state index in [-0.39, 0.29) is 17.2 Å². The summed E-state index contributed by atoms with van der Waals surface area (Å²) in [6.07, 6.45) is 0. The maximum absolute atomic E-state index is 12.3. The molecule has 0 fully saturated rings. The Morgan fingerprint density at radius 1 is 1.08 bits per heavy atom. The highest BCUT2D eigenvalue weighted by molar-refractivity contribution is 6.32. The molecular weight excluding hydrogens is 348 g/mol. The molecule has 0 saturated carbocycles. The van der Waals surface area contributed by atoms with Gasteiger partial charge in [0.25, 0.3) is 0 Å². The Labute approximate surface area is 149 Å². The maximum atomic E-state index is 12.3. The molecule has 6 nitrogen and oxygen atoms in total. The summed E-state index contributed by atoms with van der Waals surface area (Å²) in [7, 11) is 1.31. The van der Waals surface area contributed by atoms with Crippen LogP contribution in [0.5, 0.6) is 11.5 Å². The molecule has 7 heteroatoms. The molecule has 0 unspecified atom stereocenters. The lowest BCUT2D eigenvalue weighted by atomic mass is 10.1. The van der Waals surface area contributed by atoms with Crippen LogP contribution in [0.1, 0.15) is 26.3 Å². The molecule has 3 rings (SSSR count). The Morgan fingerprint density at radius 2 is 1.88 bits per heavy atom. The highest BCUT2D eigenvalue weighted by Gasteiger charge is 2.20. The number of hydrogen-bond donors (Lipinski definition) is 0. The van der Waals surface area contributed by atoms with Crippen molar-refractivity contribution >= 4 is 23.5 Å². The minimum Gasteiger partial charge on any atom is -0.486 e. The Balaban J connectivity index is 1.71. The summed E-state index contributed by atoms with van der Waals surface area (Å²) >= 11 is 6.12. The van der Waals surface area contributed by atoms with Gasteiger partial charge in [-0.25, -0.2) is 9.59 Å². The zero-order valence-corrected chi connectivity index (χ0v) is 14.2. The Bertz CT molecular complexity index is 817. The summed E-state index contributed by atoms with van der Waals surface area (Å²) < 4.78 is 20.8. The van der Waals surface area contributed by atoms with Crippen LogP contribution in [0.15, 0.2) is 36.4 Å². The van der Waals surface area contributed by atoms with Gasteiger partial charge in [0.1, 0.15) is 19.8 Å². The minimum atomic E-state index is -0.553. The molecule has 1 aliphatic rings. The summed E-state index contributed by atoms with van der Waals surface area (Å²) in [5, 5.41) is 0.289. The number of carbonyl (C=O) groups is 2. The van der Waals surface area contributed by atoms with E-state index in [0.29, 0.717) is 35.8 Å². The van der Waals surface area contributed by atoms with Gasteiger partial charge in [-0.05, 0) is 29.8 Å². The Hall–Kier alpha value is -2.73. The minimum absolute atomic E-state index is 0.00965. The van der Waals surface area contributed by atoms with E-state index >= 15 is 0 Å². The van der Waals surface area contributed by atoms with Crippen LogP contribution < -0.4 is 9.47 Å². The zero-order valence-electron chi connectivity index (χ0n) is 13.4. The van der Waals surface area contributed by atoms with Gasteiger partial charge in [-0.2, -0.15) is 0 Å². The lowest BCUT2D eigenvalue weighted by Crippen LogP contribution is -2.16. The fourth-order valence-corrected chi connectivity index (χ4v) is 2.63. The number of halogens is 1. The predicted octanol–water partition coefficient (Wildman–Crippen LogP) is 3.25. The normalized spacial score (nSPS) is 12.4. The van der Waals surface area contributed by atoms with Crippen LogP contribution in [0.2, 0.25) is 5.02 Å². The molecule has 0 spiro atoms. The summed E-state index contributed by atoms with van der Waals surface area (Å²) in [6.45, 7) is 0.810. The van der Waals surface area contributed by atoms with Crippen LogP contribution >= 0.6 is 11.6 Å². The van der Waals surface area contributed by atoms with Crippen LogP contribution in [0.3, 0.4) is 0 Å². The fraction of sp³-hybridized carbons (Fsp3) is 0.222. The van der Waals surface area contributed by atoms with Crippen LogP contribution in [0.4, 0.5) is 0 Å². The topological polar surface area (TPSA) is 71.1 Å². The quantitative estimate of drug-likeness (QED) is 0.777. The van der Waals surface area contributed by atoms with Crippen molar-refractivity contribution in [1.82, 2.24) is 0 Å². The van der Waals surface area contributed by atoms with Gasteiger partial charge < -0.3 is 18.9 Å². The molecule has 0 atom stereocenters. The number of esters is 2. The smallest absolute Gasteiger partial charge is 0.338 e. The predicted molar refractivity (Wildman–Crippen MR) is 89.3 cm³/mol. The van der Waals surface area contributed by atoms with Crippen molar-refractivity contribution in [3.05, 3.63) is 58.1 Å². The molecule has 25 heavy (non-hydrogen) atoms. The average Bonchev–Trinajstić information content (AvgIpc) is 2.65. The van der Waals surface area contributed by atoms with Crippen molar-refractivity contribution in [2.75, 3.05) is 20.3 Å². The van der Waals surface area contributed by atoms with Crippen molar-refractivity contribution in [1.29, 1.82) is 0 Å². The second-order valence-electron chi connectivity index (χ2n) is 5.25. The molecule has 0 amide bonds. The van der Waals surface area contributed by atoms with Gasteiger partial charge >= 0.3 is 11.9 Å². The highest BCUT2D eigenvalue weighted by Crippen LogP contribution is 2.38. The van der Waals surface area contributed by atoms with Gasteiger partial charge in [0, 0.05) is 0 Å². The molecule has 1 heterocycles. The van der Waals surface area contributed by atoms with E-state index < -0.39 is 11.9 Å². The van der Waals surface area contributed by atoms with E-state index in [2.05, 4.69) is 4.74 Å². The highest BCUT2D eigenvalue weighted by atomic mass is 35.5. The van der Waals surface area contributed by atoms with E-state index in [1.165, 1.54) is 19.2 Å². The Morgan fingerprint density at radius 3 is 2.68 bits per heavy atom. The number of methoxy groups -OCH3 is 1. The first kappa shape index (κ1) is 17.1. The monoisotopic (exact) mass is 362 g/mol.